The van der Waals surface area contributed by atoms with Crippen LogP contribution >= 0.6 is 0 Å². The topological polar surface area (TPSA) is 84.8 Å². The van der Waals surface area contributed by atoms with E-state index in [1.54, 1.807) is 12.1 Å². The summed E-state index contributed by atoms with van der Waals surface area (Å²) in [6, 6.07) is 16.9. The number of carbonyl (C=O) groups is 1. The number of hydrogen-bond acceptors (Lipinski definition) is 4. The first kappa shape index (κ1) is 20.7. The number of aliphatic hydroxyl groups is 1. The van der Waals surface area contributed by atoms with Gasteiger partial charge in [0.1, 0.15) is 5.75 Å². The van der Waals surface area contributed by atoms with Gasteiger partial charge in [-0.2, -0.15) is 0 Å². The van der Waals surface area contributed by atoms with E-state index < -0.39 is 0 Å². The molecule has 2 aromatic rings. The van der Waals surface area contributed by atoms with Crippen LogP contribution < -0.4 is 10.6 Å². The Hall–Kier alpha value is -2.57. The van der Waals surface area contributed by atoms with Crippen molar-refractivity contribution in [3.8, 4) is 5.75 Å². The molecule has 2 rings (SSSR count). The number of benzene rings is 2. The molecule has 0 aliphatic rings. The molecule has 0 spiro atoms. The van der Waals surface area contributed by atoms with Gasteiger partial charge >= 0.3 is 6.03 Å². The van der Waals surface area contributed by atoms with Gasteiger partial charge in [-0.3, -0.25) is 4.90 Å². The van der Waals surface area contributed by atoms with Gasteiger partial charge in [0.15, 0.2) is 0 Å². The number of hydrogen-bond donors (Lipinski definition) is 4. The Bertz CT molecular complexity index is 677. The lowest BCUT2D eigenvalue weighted by Crippen LogP contribution is -2.47. The minimum Gasteiger partial charge on any atom is -0.508 e. The van der Waals surface area contributed by atoms with Crippen molar-refractivity contribution < 1.29 is 15.0 Å². The van der Waals surface area contributed by atoms with Crippen LogP contribution in [0.4, 0.5) is 4.79 Å². The van der Waals surface area contributed by atoms with Gasteiger partial charge in [-0.25, -0.2) is 4.79 Å². The van der Waals surface area contributed by atoms with E-state index >= 15 is 0 Å². The Balaban J connectivity index is 1.81. The quantitative estimate of drug-likeness (QED) is 0.513. The van der Waals surface area contributed by atoms with Gasteiger partial charge in [-0.1, -0.05) is 42.5 Å². The lowest BCUT2D eigenvalue weighted by atomic mass is 10.0. The van der Waals surface area contributed by atoms with Crippen molar-refractivity contribution in [2.75, 3.05) is 33.3 Å². The predicted octanol–water partition coefficient (Wildman–Crippen LogP) is 1.77. The molecule has 0 bridgehead atoms. The van der Waals surface area contributed by atoms with Crippen molar-refractivity contribution >= 4 is 6.03 Å². The summed E-state index contributed by atoms with van der Waals surface area (Å²) in [5.74, 6) is 0.231. The first-order valence-electron chi connectivity index (χ1n) is 9.23. The average molecular weight is 371 g/mol. The fourth-order valence-electron chi connectivity index (χ4n) is 2.87. The van der Waals surface area contributed by atoms with E-state index in [0.29, 0.717) is 26.1 Å². The highest BCUT2D eigenvalue weighted by Crippen LogP contribution is 2.13. The summed E-state index contributed by atoms with van der Waals surface area (Å²) in [7, 11) is 1.93. The van der Waals surface area contributed by atoms with Crippen molar-refractivity contribution in [2.24, 2.45) is 0 Å². The van der Waals surface area contributed by atoms with Crippen molar-refractivity contribution in [1.82, 2.24) is 15.5 Å². The molecule has 0 fully saturated rings. The zero-order valence-electron chi connectivity index (χ0n) is 15.8. The maximum atomic E-state index is 12.1. The molecule has 2 amide bonds. The molecule has 0 aliphatic heterocycles. The first-order chi connectivity index (χ1) is 13.1. The molecule has 1 unspecified atom stereocenters. The predicted molar refractivity (Wildman–Crippen MR) is 107 cm³/mol. The summed E-state index contributed by atoms with van der Waals surface area (Å²) in [5, 5.41) is 24.4. The zero-order valence-corrected chi connectivity index (χ0v) is 15.8. The van der Waals surface area contributed by atoms with Gasteiger partial charge in [0.25, 0.3) is 0 Å². The van der Waals surface area contributed by atoms with Crippen LogP contribution in [0.15, 0.2) is 54.6 Å². The number of aliphatic hydroxyl groups excluding tert-OH is 1. The molecule has 4 N–H and O–H groups in total. The third kappa shape index (κ3) is 7.68. The number of rotatable bonds is 10. The third-order valence-electron chi connectivity index (χ3n) is 4.52. The van der Waals surface area contributed by atoms with Crippen LogP contribution in [0, 0.1) is 0 Å². The summed E-state index contributed by atoms with van der Waals surface area (Å²) >= 11 is 0. The number of amides is 2. The molecule has 0 aliphatic carbocycles. The molecular weight excluding hydrogens is 342 g/mol. The largest absolute Gasteiger partial charge is 0.508 e. The van der Waals surface area contributed by atoms with Crippen LogP contribution in [0.1, 0.15) is 11.1 Å². The van der Waals surface area contributed by atoms with Crippen LogP contribution in [-0.4, -0.2) is 60.5 Å². The van der Waals surface area contributed by atoms with Gasteiger partial charge in [0, 0.05) is 25.7 Å². The fraction of sp³-hybridized carbons (Fsp3) is 0.381. The maximum Gasteiger partial charge on any atom is 0.314 e. The normalized spacial score (nSPS) is 12.0. The summed E-state index contributed by atoms with van der Waals surface area (Å²) in [5.41, 5.74) is 2.25. The van der Waals surface area contributed by atoms with Crippen molar-refractivity contribution in [3.05, 3.63) is 65.7 Å². The van der Waals surface area contributed by atoms with Gasteiger partial charge in [-0.05, 0) is 43.1 Å². The third-order valence-corrected chi connectivity index (χ3v) is 4.52. The van der Waals surface area contributed by atoms with Crippen molar-refractivity contribution in [3.63, 3.8) is 0 Å². The van der Waals surface area contributed by atoms with Crippen LogP contribution in [0.25, 0.3) is 0 Å². The van der Waals surface area contributed by atoms with E-state index in [0.717, 1.165) is 12.0 Å². The van der Waals surface area contributed by atoms with Crippen LogP contribution in [0.5, 0.6) is 5.75 Å². The monoisotopic (exact) mass is 371 g/mol. The number of nitrogens with zero attached hydrogens (tertiary/aromatic N) is 1. The minimum absolute atomic E-state index is 0.0431. The number of phenols is 1. The van der Waals surface area contributed by atoms with Crippen molar-refractivity contribution in [1.29, 1.82) is 0 Å². The second-order valence-corrected chi connectivity index (χ2v) is 6.60. The fourth-order valence-corrected chi connectivity index (χ4v) is 2.87. The Morgan fingerprint density at radius 1 is 1.04 bits per heavy atom. The van der Waals surface area contributed by atoms with Crippen LogP contribution in [0.3, 0.4) is 0 Å². The molecule has 0 saturated carbocycles. The van der Waals surface area contributed by atoms with E-state index in [2.05, 4.69) is 10.6 Å². The maximum absolute atomic E-state index is 12.1. The second-order valence-electron chi connectivity index (χ2n) is 6.60. The smallest absolute Gasteiger partial charge is 0.314 e. The first-order valence-corrected chi connectivity index (χ1v) is 9.23. The lowest BCUT2D eigenvalue weighted by Gasteiger charge is -2.28. The number of carbonyl (C=O) groups excluding carboxylic acids is 1. The molecule has 6 nitrogen and oxygen atoms in total. The van der Waals surface area contributed by atoms with Gasteiger partial charge in [0.05, 0.1) is 6.61 Å². The summed E-state index contributed by atoms with van der Waals surface area (Å²) < 4.78 is 0. The van der Waals surface area contributed by atoms with Gasteiger partial charge in [0.2, 0.25) is 0 Å². The molecule has 6 heteroatoms. The van der Waals surface area contributed by atoms with Crippen molar-refractivity contribution in [2.45, 2.75) is 18.9 Å². The Labute approximate surface area is 160 Å². The molecule has 1 atom stereocenters. The molecule has 0 aromatic heterocycles. The zero-order chi connectivity index (χ0) is 19.5. The Kier molecular flexibility index (Phi) is 8.61. The van der Waals surface area contributed by atoms with Gasteiger partial charge < -0.3 is 20.8 Å². The summed E-state index contributed by atoms with van der Waals surface area (Å²) in [6.45, 7) is 1.63. The molecule has 0 saturated heterocycles. The van der Waals surface area contributed by atoms with E-state index in [1.807, 2.05) is 54.4 Å². The number of urea groups is 1. The van der Waals surface area contributed by atoms with Crippen LogP contribution in [0.2, 0.25) is 0 Å². The highest BCUT2D eigenvalue weighted by atomic mass is 16.3. The lowest BCUT2D eigenvalue weighted by molar-refractivity contribution is 0.175. The molecule has 2 aromatic carbocycles. The number of nitrogens with one attached hydrogen (secondary N) is 2. The van der Waals surface area contributed by atoms with E-state index in [-0.39, 0.29) is 24.4 Å². The highest BCUT2D eigenvalue weighted by molar-refractivity contribution is 5.73. The Morgan fingerprint density at radius 3 is 2.41 bits per heavy atom. The number of aromatic hydroxyl groups is 1. The molecule has 27 heavy (non-hydrogen) atoms. The summed E-state index contributed by atoms with van der Waals surface area (Å²) in [4.78, 5) is 14.1. The molecule has 0 radical (unpaired) electrons. The van der Waals surface area contributed by atoms with Crippen LogP contribution in [-0.2, 0) is 12.8 Å². The average Bonchev–Trinajstić information content (AvgIpc) is 2.67. The Morgan fingerprint density at radius 2 is 1.74 bits per heavy atom. The van der Waals surface area contributed by atoms with E-state index in [4.69, 9.17) is 0 Å². The highest BCUT2D eigenvalue weighted by Gasteiger charge is 2.16. The van der Waals surface area contributed by atoms with Gasteiger partial charge in [-0.15, -0.1) is 0 Å². The standard InChI is InChI=1S/C21H29N3O3/c1-24(13-14-25)19(15-18-7-9-20(26)10-8-18)16-23-21(27)22-12-11-17-5-3-2-4-6-17/h2-10,19,25-26H,11-16H2,1H3,(H2,22,23,27). The SMILES string of the molecule is CN(CCO)C(CNC(=O)NCCc1ccccc1)Cc1ccc(O)cc1. The minimum atomic E-state index is -0.195. The summed E-state index contributed by atoms with van der Waals surface area (Å²) in [6.07, 6.45) is 1.50. The molecular formula is C21H29N3O3. The number of likely N-dealkylation sites (N-methyl/N-ethyl adjacent to an activating group) is 1. The van der Waals surface area contributed by atoms with E-state index in [1.165, 1.54) is 5.56 Å². The molecule has 146 valence electrons. The molecule has 0 heterocycles. The van der Waals surface area contributed by atoms with E-state index in [9.17, 15) is 15.0 Å². The second kappa shape index (κ2) is 11.2. The number of phenolic OH excluding ortho intramolecular Hbond substituents is 1.